The number of nitrogens with one attached hydrogen (secondary N) is 1. The first-order chi connectivity index (χ1) is 10.4. The van der Waals surface area contributed by atoms with Crippen LogP contribution in [0.25, 0.3) is 0 Å². The monoisotopic (exact) mass is 308 g/mol. The molecule has 0 bridgehead atoms. The predicted molar refractivity (Wildman–Crippen MR) is 76.5 cm³/mol. The number of methoxy groups -OCH3 is 1. The summed E-state index contributed by atoms with van der Waals surface area (Å²) in [7, 11) is 1.38. The van der Waals surface area contributed by atoms with Crippen molar-refractivity contribution in [2.75, 3.05) is 19.0 Å². The van der Waals surface area contributed by atoms with Gasteiger partial charge in [0.25, 0.3) is 11.6 Å². The highest BCUT2D eigenvalue weighted by Crippen LogP contribution is 2.38. The summed E-state index contributed by atoms with van der Waals surface area (Å²) in [4.78, 5) is 33.5. The minimum Gasteiger partial charge on any atom is -0.495 e. The molecular formula is C14H16N2O6. The largest absolute Gasteiger partial charge is 0.495 e. The van der Waals surface area contributed by atoms with E-state index in [0.717, 1.165) is 6.42 Å². The summed E-state index contributed by atoms with van der Waals surface area (Å²) < 4.78 is 9.92. The van der Waals surface area contributed by atoms with Crippen molar-refractivity contribution < 1.29 is 24.0 Å². The van der Waals surface area contributed by atoms with Crippen molar-refractivity contribution in [1.82, 2.24) is 0 Å². The molecule has 118 valence electrons. The van der Waals surface area contributed by atoms with E-state index < -0.39 is 23.4 Å². The minimum absolute atomic E-state index is 0.125. The summed E-state index contributed by atoms with van der Waals surface area (Å²) in [6, 6.07) is 3.83. The van der Waals surface area contributed by atoms with E-state index in [0.29, 0.717) is 5.92 Å². The summed E-state index contributed by atoms with van der Waals surface area (Å²) in [5, 5.41) is 13.2. The van der Waals surface area contributed by atoms with Gasteiger partial charge in [-0.15, -0.1) is 0 Å². The Morgan fingerprint density at radius 2 is 2.14 bits per heavy atom. The third kappa shape index (κ3) is 3.72. The molecule has 0 saturated heterocycles. The standard InChI is InChI=1S/C14H16N2O6/c1-8-5-10(8)14(18)22-7-13(17)15-11-6-9(16(19)20)3-4-12(11)21-2/h3-4,6,8,10H,5,7H2,1-2H3,(H,15,17)/t8-,10+/m1/s1. The van der Waals surface area contributed by atoms with Crippen molar-refractivity contribution in [1.29, 1.82) is 0 Å². The number of hydrogen-bond donors (Lipinski definition) is 1. The van der Waals surface area contributed by atoms with Gasteiger partial charge in [0.15, 0.2) is 6.61 Å². The van der Waals surface area contributed by atoms with E-state index in [1.54, 1.807) is 0 Å². The highest BCUT2D eigenvalue weighted by atomic mass is 16.6. The lowest BCUT2D eigenvalue weighted by atomic mass is 10.2. The average Bonchev–Trinajstić information content (AvgIpc) is 3.21. The Morgan fingerprint density at radius 3 is 2.68 bits per heavy atom. The molecule has 0 unspecified atom stereocenters. The van der Waals surface area contributed by atoms with Gasteiger partial charge in [-0.25, -0.2) is 0 Å². The van der Waals surface area contributed by atoms with Crippen molar-refractivity contribution in [3.05, 3.63) is 28.3 Å². The van der Waals surface area contributed by atoms with E-state index in [4.69, 9.17) is 9.47 Å². The van der Waals surface area contributed by atoms with E-state index in [2.05, 4.69) is 5.32 Å². The van der Waals surface area contributed by atoms with Gasteiger partial charge in [-0.3, -0.25) is 19.7 Å². The number of carbonyl (C=O) groups excluding carboxylic acids is 2. The molecule has 0 radical (unpaired) electrons. The van der Waals surface area contributed by atoms with Crippen molar-refractivity contribution in [3.8, 4) is 5.75 Å². The lowest BCUT2D eigenvalue weighted by molar-refractivity contribution is -0.384. The number of amides is 1. The average molecular weight is 308 g/mol. The summed E-state index contributed by atoms with van der Waals surface area (Å²) >= 11 is 0. The molecule has 1 amide bonds. The highest BCUT2D eigenvalue weighted by Gasteiger charge is 2.40. The zero-order chi connectivity index (χ0) is 16.3. The second kappa shape index (κ2) is 6.42. The fraction of sp³-hybridized carbons (Fsp3) is 0.429. The molecule has 1 aromatic carbocycles. The first-order valence-corrected chi connectivity index (χ1v) is 6.71. The Labute approximate surface area is 126 Å². The molecule has 22 heavy (non-hydrogen) atoms. The van der Waals surface area contributed by atoms with Crippen molar-refractivity contribution >= 4 is 23.3 Å². The summed E-state index contributed by atoms with van der Waals surface area (Å²) in [5.74, 6) is -0.525. The Morgan fingerprint density at radius 1 is 1.45 bits per heavy atom. The van der Waals surface area contributed by atoms with Crippen LogP contribution < -0.4 is 10.1 Å². The van der Waals surface area contributed by atoms with Gasteiger partial charge < -0.3 is 14.8 Å². The Hall–Kier alpha value is -2.64. The molecule has 0 heterocycles. The first-order valence-electron chi connectivity index (χ1n) is 6.71. The predicted octanol–water partition coefficient (Wildman–Crippen LogP) is 1.74. The van der Waals surface area contributed by atoms with E-state index >= 15 is 0 Å². The van der Waals surface area contributed by atoms with Crippen molar-refractivity contribution in [3.63, 3.8) is 0 Å². The molecule has 2 atom stereocenters. The number of carbonyl (C=O) groups is 2. The van der Waals surface area contributed by atoms with Crippen LogP contribution in [-0.2, 0) is 14.3 Å². The first kappa shape index (κ1) is 15.7. The van der Waals surface area contributed by atoms with Gasteiger partial charge in [0.2, 0.25) is 0 Å². The number of anilines is 1. The number of ether oxygens (including phenoxy) is 2. The Balaban J connectivity index is 1.96. The third-order valence-corrected chi connectivity index (χ3v) is 3.43. The molecule has 8 nitrogen and oxygen atoms in total. The molecular weight excluding hydrogens is 292 g/mol. The van der Waals surface area contributed by atoms with Crippen LogP contribution in [0.3, 0.4) is 0 Å². The molecule has 1 N–H and O–H groups in total. The van der Waals surface area contributed by atoms with E-state index in [-0.39, 0.29) is 23.0 Å². The summed E-state index contributed by atoms with van der Waals surface area (Å²) in [6.45, 7) is 1.49. The van der Waals surface area contributed by atoms with E-state index in [1.165, 1.54) is 25.3 Å². The van der Waals surface area contributed by atoms with Gasteiger partial charge >= 0.3 is 5.97 Å². The summed E-state index contributed by atoms with van der Waals surface area (Å²) in [6.07, 6.45) is 0.777. The molecule has 1 aliphatic rings. The molecule has 1 aromatic rings. The molecule has 1 aliphatic carbocycles. The second-order valence-electron chi connectivity index (χ2n) is 5.12. The smallest absolute Gasteiger partial charge is 0.309 e. The zero-order valence-electron chi connectivity index (χ0n) is 12.2. The quantitative estimate of drug-likeness (QED) is 0.487. The number of esters is 1. The van der Waals surface area contributed by atoms with Crippen molar-refractivity contribution in [2.24, 2.45) is 11.8 Å². The van der Waals surface area contributed by atoms with E-state index in [9.17, 15) is 19.7 Å². The van der Waals surface area contributed by atoms with Crippen LogP contribution >= 0.6 is 0 Å². The highest BCUT2D eigenvalue weighted by molar-refractivity contribution is 5.94. The number of non-ortho nitro benzene ring substituents is 1. The number of nitro benzene ring substituents is 1. The maximum Gasteiger partial charge on any atom is 0.309 e. The fourth-order valence-corrected chi connectivity index (χ4v) is 1.99. The maximum absolute atomic E-state index is 11.8. The maximum atomic E-state index is 11.8. The van der Waals surface area contributed by atoms with Crippen LogP contribution in [0.15, 0.2) is 18.2 Å². The Kier molecular flexibility index (Phi) is 4.59. The van der Waals surface area contributed by atoms with Crippen molar-refractivity contribution in [2.45, 2.75) is 13.3 Å². The third-order valence-electron chi connectivity index (χ3n) is 3.43. The van der Waals surface area contributed by atoms with Crippen LogP contribution in [0.4, 0.5) is 11.4 Å². The molecule has 0 spiro atoms. The zero-order valence-corrected chi connectivity index (χ0v) is 12.2. The van der Waals surface area contributed by atoms with Crippen LogP contribution in [0.2, 0.25) is 0 Å². The SMILES string of the molecule is COc1ccc([N+](=O)[O-])cc1NC(=O)COC(=O)[C@H]1C[C@H]1C. The lowest BCUT2D eigenvalue weighted by Gasteiger charge is -2.10. The molecule has 1 fully saturated rings. The van der Waals surface area contributed by atoms with Crippen LogP contribution in [0.5, 0.6) is 5.75 Å². The van der Waals surface area contributed by atoms with Gasteiger partial charge in [-0.2, -0.15) is 0 Å². The minimum atomic E-state index is -0.583. The van der Waals surface area contributed by atoms with Crippen LogP contribution in [-0.4, -0.2) is 30.5 Å². The van der Waals surface area contributed by atoms with Crippen LogP contribution in [0, 0.1) is 22.0 Å². The number of rotatable bonds is 6. The Bertz CT molecular complexity index is 615. The normalized spacial score (nSPS) is 19.2. The number of nitro groups is 1. The molecule has 8 heteroatoms. The fourth-order valence-electron chi connectivity index (χ4n) is 1.99. The van der Waals surface area contributed by atoms with Crippen LogP contribution in [0.1, 0.15) is 13.3 Å². The number of benzene rings is 1. The second-order valence-corrected chi connectivity index (χ2v) is 5.12. The number of nitrogens with zero attached hydrogens (tertiary/aromatic N) is 1. The summed E-state index contributed by atoms with van der Waals surface area (Å²) in [5.41, 5.74) is -0.0301. The van der Waals surface area contributed by atoms with Gasteiger partial charge in [0.05, 0.1) is 23.6 Å². The van der Waals surface area contributed by atoms with Gasteiger partial charge in [-0.05, 0) is 18.4 Å². The topological polar surface area (TPSA) is 108 Å². The van der Waals surface area contributed by atoms with Gasteiger partial charge in [0, 0.05) is 12.1 Å². The molecule has 0 aliphatic heterocycles. The van der Waals surface area contributed by atoms with E-state index in [1.807, 2.05) is 6.92 Å². The number of hydrogen-bond acceptors (Lipinski definition) is 6. The lowest BCUT2D eigenvalue weighted by Crippen LogP contribution is -2.22. The van der Waals surface area contributed by atoms with Gasteiger partial charge in [0.1, 0.15) is 5.75 Å². The molecule has 0 aromatic heterocycles. The molecule has 1 saturated carbocycles. The molecule has 2 rings (SSSR count). The van der Waals surface area contributed by atoms with Gasteiger partial charge in [-0.1, -0.05) is 6.92 Å².